The van der Waals surface area contributed by atoms with E-state index in [1.807, 2.05) is 6.07 Å². The molecule has 0 unspecified atom stereocenters. The van der Waals surface area contributed by atoms with Crippen molar-refractivity contribution in [2.75, 3.05) is 11.9 Å². The number of fused-ring (bicyclic) bond motifs is 1. The van der Waals surface area contributed by atoms with Gasteiger partial charge in [-0.15, -0.1) is 0 Å². The van der Waals surface area contributed by atoms with E-state index in [9.17, 15) is 18.0 Å². The molecule has 0 bridgehead atoms. The number of aromatic nitrogens is 3. The summed E-state index contributed by atoms with van der Waals surface area (Å²) >= 11 is 0. The molecule has 0 spiro atoms. The van der Waals surface area contributed by atoms with Crippen molar-refractivity contribution in [3.05, 3.63) is 41.9 Å². The molecular weight excluding hydrogens is 371 g/mol. The van der Waals surface area contributed by atoms with Crippen LogP contribution in [-0.2, 0) is 11.2 Å². The second-order valence-electron chi connectivity index (χ2n) is 7.48. The lowest BCUT2D eigenvalue weighted by atomic mass is 10.1. The quantitative estimate of drug-likeness (QED) is 0.867. The van der Waals surface area contributed by atoms with E-state index in [1.54, 1.807) is 36.2 Å². The zero-order valence-electron chi connectivity index (χ0n) is 15.5. The highest BCUT2D eigenvalue weighted by Crippen LogP contribution is 2.41. The number of rotatable bonds is 3. The predicted octanol–water partition coefficient (Wildman–Crippen LogP) is 3.49. The smallest absolute Gasteiger partial charge is 0.368 e. The monoisotopic (exact) mass is 393 g/mol. The van der Waals surface area contributed by atoms with E-state index in [-0.39, 0.29) is 30.8 Å². The maximum Gasteiger partial charge on any atom is 0.410 e. The normalized spacial score (nSPS) is 24.7. The van der Waals surface area contributed by atoms with Crippen LogP contribution >= 0.6 is 0 Å². The number of halogens is 3. The lowest BCUT2D eigenvalue weighted by Gasteiger charge is -2.31. The number of amides is 1. The fourth-order valence-electron chi connectivity index (χ4n) is 4.07. The largest absolute Gasteiger partial charge is 0.410 e. The average Bonchev–Trinajstić information content (AvgIpc) is 3.27. The van der Waals surface area contributed by atoms with Gasteiger partial charge in [0.2, 0.25) is 5.91 Å². The number of likely N-dealkylation sites (tertiary alicyclic amines) is 1. The molecule has 2 aliphatic rings. The summed E-state index contributed by atoms with van der Waals surface area (Å²) in [7, 11) is 0. The number of anilines is 1. The number of hydrogen-bond donors (Lipinski definition) is 1. The molecule has 4 heterocycles. The van der Waals surface area contributed by atoms with Crippen molar-refractivity contribution >= 4 is 11.7 Å². The van der Waals surface area contributed by atoms with Crippen LogP contribution < -0.4 is 5.32 Å². The highest BCUT2D eigenvalue weighted by atomic mass is 19.4. The maximum atomic E-state index is 13.5. The van der Waals surface area contributed by atoms with Gasteiger partial charge in [0.05, 0.1) is 18.2 Å². The van der Waals surface area contributed by atoms with Crippen LogP contribution in [0.2, 0.25) is 0 Å². The van der Waals surface area contributed by atoms with Gasteiger partial charge in [0.1, 0.15) is 5.82 Å². The van der Waals surface area contributed by atoms with Crippen LogP contribution in [0.25, 0.3) is 0 Å². The molecule has 3 atom stereocenters. The number of carbonyl (C=O) groups excluding carboxylic acids is 1. The van der Waals surface area contributed by atoms with Gasteiger partial charge in [-0.3, -0.25) is 9.78 Å². The van der Waals surface area contributed by atoms with Crippen LogP contribution in [0.1, 0.15) is 49.7 Å². The summed E-state index contributed by atoms with van der Waals surface area (Å²) in [5, 5.41) is 7.36. The summed E-state index contributed by atoms with van der Waals surface area (Å²) in [4.78, 5) is 18.7. The maximum absolute atomic E-state index is 13.5. The summed E-state index contributed by atoms with van der Waals surface area (Å²) in [5.41, 5.74) is 1.19. The molecular formula is C19H22F3N5O. The molecule has 1 amide bonds. The zero-order chi connectivity index (χ0) is 19.9. The van der Waals surface area contributed by atoms with Gasteiger partial charge in [-0.05, 0) is 38.3 Å². The molecule has 4 rings (SSSR count). The van der Waals surface area contributed by atoms with Crippen molar-refractivity contribution in [3.8, 4) is 0 Å². The number of carbonyl (C=O) groups is 1. The van der Waals surface area contributed by atoms with Gasteiger partial charge in [-0.25, -0.2) is 4.68 Å². The van der Waals surface area contributed by atoms with Crippen LogP contribution in [0.4, 0.5) is 19.0 Å². The highest BCUT2D eigenvalue weighted by molar-refractivity contribution is 5.79. The minimum absolute atomic E-state index is 0.0649. The Balaban J connectivity index is 1.58. The third-order valence-corrected chi connectivity index (χ3v) is 5.37. The summed E-state index contributed by atoms with van der Waals surface area (Å²) in [6, 6.07) is 4.81. The second-order valence-corrected chi connectivity index (χ2v) is 7.48. The van der Waals surface area contributed by atoms with Gasteiger partial charge in [-0.2, -0.15) is 18.3 Å². The molecule has 6 nitrogen and oxygen atoms in total. The molecule has 1 fully saturated rings. The highest BCUT2D eigenvalue weighted by Gasteiger charge is 2.46. The van der Waals surface area contributed by atoms with E-state index in [4.69, 9.17) is 0 Å². The van der Waals surface area contributed by atoms with E-state index in [2.05, 4.69) is 15.4 Å². The number of pyridine rings is 1. The molecule has 150 valence electrons. The molecule has 2 aliphatic heterocycles. The third-order valence-electron chi connectivity index (χ3n) is 5.37. The van der Waals surface area contributed by atoms with Crippen molar-refractivity contribution in [2.45, 2.75) is 56.9 Å². The Morgan fingerprint density at radius 3 is 2.89 bits per heavy atom. The Hall–Kier alpha value is -2.58. The lowest BCUT2D eigenvalue weighted by molar-refractivity contribution is -0.173. The lowest BCUT2D eigenvalue weighted by Crippen LogP contribution is -2.38. The average molecular weight is 393 g/mol. The fraction of sp³-hybridized carbons (Fsp3) is 0.526. The van der Waals surface area contributed by atoms with E-state index in [0.717, 1.165) is 11.1 Å². The van der Waals surface area contributed by atoms with Crippen LogP contribution in [0.3, 0.4) is 0 Å². The zero-order valence-corrected chi connectivity index (χ0v) is 15.5. The number of nitrogens with zero attached hydrogens (tertiary/aromatic N) is 4. The van der Waals surface area contributed by atoms with E-state index < -0.39 is 12.2 Å². The van der Waals surface area contributed by atoms with Gasteiger partial charge in [0.25, 0.3) is 0 Å². The van der Waals surface area contributed by atoms with Crippen molar-refractivity contribution < 1.29 is 18.0 Å². The first kappa shape index (κ1) is 18.8. The molecule has 2 aromatic heterocycles. The third kappa shape index (κ3) is 3.57. The molecule has 0 saturated carbocycles. The number of nitrogens with one attached hydrogen (secondary N) is 1. The van der Waals surface area contributed by atoms with Crippen LogP contribution in [0, 0.1) is 0 Å². The van der Waals surface area contributed by atoms with Gasteiger partial charge in [-0.1, -0.05) is 6.07 Å². The van der Waals surface area contributed by atoms with Crippen LogP contribution in [0.15, 0.2) is 30.5 Å². The summed E-state index contributed by atoms with van der Waals surface area (Å²) < 4.78 is 41.4. The molecule has 9 heteroatoms. The van der Waals surface area contributed by atoms with Gasteiger partial charge in [0, 0.05) is 30.5 Å². The van der Waals surface area contributed by atoms with Crippen LogP contribution in [-0.4, -0.2) is 44.3 Å². The SMILES string of the molecule is C[C@@H]1C[C@H](C(F)(F)F)n2nc([C@H]3CCCN3C(=O)Cc3ccccn3)cc2N1. The van der Waals surface area contributed by atoms with E-state index >= 15 is 0 Å². The van der Waals surface area contributed by atoms with E-state index in [1.165, 1.54) is 0 Å². The Bertz CT molecular complexity index is 851. The predicted molar refractivity (Wildman–Crippen MR) is 96.6 cm³/mol. The molecule has 1 saturated heterocycles. The molecule has 0 aromatic carbocycles. The topological polar surface area (TPSA) is 63.1 Å². The molecule has 2 aromatic rings. The van der Waals surface area contributed by atoms with Gasteiger partial charge in [0.15, 0.2) is 6.04 Å². The first-order valence-electron chi connectivity index (χ1n) is 9.45. The molecule has 28 heavy (non-hydrogen) atoms. The molecule has 0 radical (unpaired) electrons. The van der Waals surface area contributed by atoms with Crippen LogP contribution in [0.5, 0.6) is 0 Å². The molecule has 0 aliphatic carbocycles. The van der Waals surface area contributed by atoms with Crippen molar-refractivity contribution in [1.29, 1.82) is 0 Å². The van der Waals surface area contributed by atoms with E-state index in [0.29, 0.717) is 30.2 Å². The van der Waals surface area contributed by atoms with Crippen molar-refractivity contribution in [1.82, 2.24) is 19.7 Å². The standard InChI is InChI=1S/C19H22F3N5O/c1-12-9-16(19(20,21)22)27-17(24-12)11-14(25-27)15-6-4-8-26(15)18(28)10-13-5-2-3-7-23-13/h2-3,5,7,11-12,15-16,24H,4,6,8-10H2,1H3/t12-,15-,16-/m1/s1. The minimum atomic E-state index is -4.36. The van der Waals surface area contributed by atoms with Crippen molar-refractivity contribution in [3.63, 3.8) is 0 Å². The van der Waals surface area contributed by atoms with Gasteiger partial charge >= 0.3 is 6.18 Å². The first-order valence-corrected chi connectivity index (χ1v) is 9.45. The van der Waals surface area contributed by atoms with Crippen molar-refractivity contribution in [2.24, 2.45) is 0 Å². The summed E-state index contributed by atoms with van der Waals surface area (Å²) in [5.74, 6) is 0.279. The Morgan fingerprint density at radius 2 is 2.18 bits per heavy atom. The molecule has 1 N–H and O–H groups in total. The minimum Gasteiger partial charge on any atom is -0.368 e. The Labute approximate surface area is 160 Å². The van der Waals surface area contributed by atoms with Gasteiger partial charge < -0.3 is 10.2 Å². The number of alkyl halides is 3. The second kappa shape index (κ2) is 7.10. The number of hydrogen-bond acceptors (Lipinski definition) is 4. The first-order chi connectivity index (χ1) is 13.3. The Kier molecular flexibility index (Phi) is 4.76. The summed E-state index contributed by atoms with van der Waals surface area (Å²) in [6.45, 7) is 2.30. The Morgan fingerprint density at radius 1 is 1.36 bits per heavy atom. The fourth-order valence-corrected chi connectivity index (χ4v) is 4.07. The summed E-state index contributed by atoms with van der Waals surface area (Å²) in [6.07, 6.45) is -1.13.